The molecule has 5 nitrogen and oxygen atoms in total. The summed E-state index contributed by atoms with van der Waals surface area (Å²) in [7, 11) is 4.06. The highest BCUT2D eigenvalue weighted by Crippen LogP contribution is 2.20. The summed E-state index contributed by atoms with van der Waals surface area (Å²) in [5, 5.41) is 2.59. The van der Waals surface area contributed by atoms with Crippen LogP contribution in [0.2, 0.25) is 5.02 Å². The van der Waals surface area contributed by atoms with Crippen molar-refractivity contribution >= 4 is 29.1 Å². The lowest BCUT2D eigenvalue weighted by Gasteiger charge is -2.28. The zero-order valence-electron chi connectivity index (χ0n) is 14.7. The molecular formula is C18H25ClFN3O2. The van der Waals surface area contributed by atoms with Crippen molar-refractivity contribution in [3.63, 3.8) is 0 Å². The maximum atomic E-state index is 13.1. The highest BCUT2D eigenvalue weighted by molar-refractivity contribution is 6.31. The van der Waals surface area contributed by atoms with Crippen molar-refractivity contribution in [1.29, 1.82) is 0 Å². The van der Waals surface area contributed by atoms with E-state index in [2.05, 4.69) is 10.2 Å². The van der Waals surface area contributed by atoms with Gasteiger partial charge in [-0.3, -0.25) is 9.59 Å². The fraction of sp³-hybridized carbons (Fsp3) is 0.556. The second-order valence-electron chi connectivity index (χ2n) is 6.63. The van der Waals surface area contributed by atoms with E-state index in [0.717, 1.165) is 25.8 Å². The minimum absolute atomic E-state index is 0.000962. The number of likely N-dealkylation sites (tertiary alicyclic amines) is 1. The van der Waals surface area contributed by atoms with Gasteiger partial charge in [0, 0.05) is 37.7 Å². The van der Waals surface area contributed by atoms with Gasteiger partial charge in [0.1, 0.15) is 5.82 Å². The molecular weight excluding hydrogens is 345 g/mol. The van der Waals surface area contributed by atoms with Gasteiger partial charge in [-0.25, -0.2) is 4.39 Å². The van der Waals surface area contributed by atoms with Gasteiger partial charge in [0.25, 0.3) is 0 Å². The summed E-state index contributed by atoms with van der Waals surface area (Å²) >= 11 is 5.69. The molecule has 1 atom stereocenters. The summed E-state index contributed by atoms with van der Waals surface area (Å²) in [5.74, 6) is -0.817. The SMILES string of the molecule is CN(C)[C@H]1CCCCN(C(=O)CCC(=O)Nc2ccc(F)c(Cl)c2)C1. The molecule has 1 aromatic carbocycles. The lowest BCUT2D eigenvalue weighted by atomic mass is 10.1. The van der Waals surface area contributed by atoms with Crippen molar-refractivity contribution in [3.8, 4) is 0 Å². The summed E-state index contributed by atoms with van der Waals surface area (Å²) in [4.78, 5) is 28.5. The Bertz CT molecular complexity index is 624. The molecule has 1 heterocycles. The van der Waals surface area contributed by atoms with Crippen molar-refractivity contribution < 1.29 is 14.0 Å². The average molecular weight is 370 g/mol. The standard InChI is InChI=1S/C18H25ClFN3O2/c1-22(2)14-5-3-4-10-23(12-14)18(25)9-8-17(24)21-13-6-7-16(20)15(19)11-13/h6-7,11,14H,3-5,8-10,12H2,1-2H3,(H,21,24)/t14-/m0/s1. The van der Waals surface area contributed by atoms with Gasteiger partial charge < -0.3 is 15.1 Å². The van der Waals surface area contributed by atoms with Gasteiger partial charge >= 0.3 is 0 Å². The van der Waals surface area contributed by atoms with Gasteiger partial charge in [-0.1, -0.05) is 18.0 Å². The van der Waals surface area contributed by atoms with Crippen molar-refractivity contribution in [1.82, 2.24) is 9.80 Å². The largest absolute Gasteiger partial charge is 0.341 e. The minimum Gasteiger partial charge on any atom is -0.341 e. The van der Waals surface area contributed by atoms with Crippen LogP contribution >= 0.6 is 11.6 Å². The predicted molar refractivity (Wildman–Crippen MR) is 97.2 cm³/mol. The van der Waals surface area contributed by atoms with E-state index in [4.69, 9.17) is 11.6 Å². The minimum atomic E-state index is -0.536. The summed E-state index contributed by atoms with van der Waals surface area (Å²) in [6, 6.07) is 4.35. The summed E-state index contributed by atoms with van der Waals surface area (Å²) in [6.07, 6.45) is 3.45. The van der Waals surface area contributed by atoms with Crippen LogP contribution in [0.4, 0.5) is 10.1 Å². The third-order valence-corrected chi connectivity index (χ3v) is 4.79. The highest BCUT2D eigenvalue weighted by atomic mass is 35.5. The Balaban J connectivity index is 1.83. The molecule has 0 spiro atoms. The molecule has 1 fully saturated rings. The van der Waals surface area contributed by atoms with Crippen LogP contribution in [0.3, 0.4) is 0 Å². The first kappa shape index (κ1) is 19.7. The number of amides is 2. The molecule has 0 saturated carbocycles. The Morgan fingerprint density at radius 1 is 1.32 bits per heavy atom. The Labute approximate surface area is 153 Å². The van der Waals surface area contributed by atoms with Gasteiger partial charge in [-0.15, -0.1) is 0 Å². The monoisotopic (exact) mass is 369 g/mol. The highest BCUT2D eigenvalue weighted by Gasteiger charge is 2.23. The molecule has 0 aromatic heterocycles. The third kappa shape index (κ3) is 5.97. The molecule has 1 aliphatic heterocycles. The van der Waals surface area contributed by atoms with E-state index in [1.807, 2.05) is 19.0 Å². The molecule has 0 radical (unpaired) electrons. The predicted octanol–water partition coefficient (Wildman–Crippen LogP) is 3.14. The van der Waals surface area contributed by atoms with Crippen LogP contribution in [0.1, 0.15) is 32.1 Å². The van der Waals surface area contributed by atoms with E-state index in [1.165, 1.54) is 18.2 Å². The molecule has 25 heavy (non-hydrogen) atoms. The van der Waals surface area contributed by atoms with Crippen LogP contribution in [0.25, 0.3) is 0 Å². The number of anilines is 1. The maximum absolute atomic E-state index is 13.1. The van der Waals surface area contributed by atoms with E-state index in [9.17, 15) is 14.0 Å². The third-order valence-electron chi connectivity index (χ3n) is 4.50. The second kappa shape index (κ2) is 9.15. The Hall–Kier alpha value is -1.66. The molecule has 2 rings (SSSR count). The van der Waals surface area contributed by atoms with Gasteiger partial charge in [-0.2, -0.15) is 0 Å². The molecule has 0 aliphatic carbocycles. The summed E-state index contributed by atoms with van der Waals surface area (Å²) in [6.45, 7) is 1.46. The number of hydrogen-bond donors (Lipinski definition) is 1. The van der Waals surface area contributed by atoms with Crippen LogP contribution in [0.15, 0.2) is 18.2 Å². The fourth-order valence-corrected chi connectivity index (χ4v) is 3.12. The van der Waals surface area contributed by atoms with Crippen molar-refractivity contribution in [2.45, 2.75) is 38.1 Å². The number of benzene rings is 1. The van der Waals surface area contributed by atoms with Crippen LogP contribution in [-0.4, -0.2) is 54.8 Å². The molecule has 0 unspecified atom stereocenters. The number of rotatable bonds is 5. The Morgan fingerprint density at radius 2 is 2.08 bits per heavy atom. The first-order valence-electron chi connectivity index (χ1n) is 8.56. The smallest absolute Gasteiger partial charge is 0.224 e. The van der Waals surface area contributed by atoms with E-state index >= 15 is 0 Å². The topological polar surface area (TPSA) is 52.7 Å². The number of carbonyl (C=O) groups excluding carboxylic acids is 2. The number of halogens is 2. The zero-order valence-corrected chi connectivity index (χ0v) is 15.5. The van der Waals surface area contributed by atoms with E-state index in [-0.39, 0.29) is 29.7 Å². The number of carbonyl (C=O) groups is 2. The normalized spacial score (nSPS) is 18.1. The summed E-state index contributed by atoms with van der Waals surface area (Å²) < 4.78 is 13.1. The van der Waals surface area contributed by atoms with Gasteiger partial charge in [0.15, 0.2) is 0 Å². The zero-order chi connectivity index (χ0) is 18.4. The lowest BCUT2D eigenvalue weighted by Crippen LogP contribution is -2.42. The molecule has 1 aliphatic rings. The van der Waals surface area contributed by atoms with Gasteiger partial charge in [-0.05, 0) is 45.1 Å². The first-order chi connectivity index (χ1) is 11.9. The number of likely N-dealkylation sites (N-methyl/N-ethyl adjacent to an activating group) is 1. The van der Waals surface area contributed by atoms with Crippen LogP contribution in [0.5, 0.6) is 0 Å². The molecule has 2 amide bonds. The Kier molecular flexibility index (Phi) is 7.20. The number of nitrogens with zero attached hydrogens (tertiary/aromatic N) is 2. The van der Waals surface area contributed by atoms with E-state index < -0.39 is 5.82 Å². The van der Waals surface area contributed by atoms with E-state index in [0.29, 0.717) is 18.3 Å². The van der Waals surface area contributed by atoms with Crippen LogP contribution < -0.4 is 5.32 Å². The van der Waals surface area contributed by atoms with Crippen molar-refractivity contribution in [2.24, 2.45) is 0 Å². The molecule has 1 saturated heterocycles. The maximum Gasteiger partial charge on any atom is 0.224 e. The second-order valence-corrected chi connectivity index (χ2v) is 7.04. The van der Waals surface area contributed by atoms with Gasteiger partial charge in [0.2, 0.25) is 11.8 Å². The fourth-order valence-electron chi connectivity index (χ4n) is 2.94. The molecule has 7 heteroatoms. The van der Waals surface area contributed by atoms with Crippen molar-refractivity contribution in [3.05, 3.63) is 29.0 Å². The quantitative estimate of drug-likeness (QED) is 0.867. The van der Waals surface area contributed by atoms with Crippen LogP contribution in [-0.2, 0) is 9.59 Å². The molecule has 1 N–H and O–H groups in total. The average Bonchev–Trinajstić information content (AvgIpc) is 2.82. The number of nitrogens with one attached hydrogen (secondary N) is 1. The van der Waals surface area contributed by atoms with Crippen molar-refractivity contribution in [2.75, 3.05) is 32.5 Å². The summed E-state index contributed by atoms with van der Waals surface area (Å²) in [5.41, 5.74) is 0.422. The Morgan fingerprint density at radius 3 is 2.76 bits per heavy atom. The first-order valence-corrected chi connectivity index (χ1v) is 8.93. The lowest BCUT2D eigenvalue weighted by molar-refractivity contribution is -0.133. The van der Waals surface area contributed by atoms with Crippen LogP contribution in [0, 0.1) is 5.82 Å². The molecule has 1 aromatic rings. The van der Waals surface area contributed by atoms with E-state index in [1.54, 1.807) is 0 Å². The van der Waals surface area contributed by atoms with Gasteiger partial charge in [0.05, 0.1) is 5.02 Å². The molecule has 0 bridgehead atoms. The molecule has 138 valence electrons. The number of hydrogen-bond acceptors (Lipinski definition) is 3.